The van der Waals surface area contributed by atoms with Gasteiger partial charge in [0.15, 0.2) is 6.10 Å². The molecule has 1 N–H and O–H groups in total. The highest BCUT2D eigenvalue weighted by Crippen LogP contribution is 2.36. The van der Waals surface area contributed by atoms with Crippen LogP contribution in [-0.4, -0.2) is 11.3 Å². The van der Waals surface area contributed by atoms with Crippen LogP contribution in [0.3, 0.4) is 0 Å². The van der Waals surface area contributed by atoms with Gasteiger partial charge in [0.05, 0.1) is 0 Å². The van der Waals surface area contributed by atoms with Crippen molar-refractivity contribution in [3.8, 4) is 0 Å². The predicted octanol–water partition coefficient (Wildman–Crippen LogP) is 4.18. The van der Waals surface area contributed by atoms with Crippen LogP contribution in [0.5, 0.6) is 0 Å². The number of alkyl halides is 3. The number of hydrogen-bond acceptors (Lipinski definition) is 2. The molecule has 1 aromatic heterocycles. The zero-order valence-corrected chi connectivity index (χ0v) is 9.61. The van der Waals surface area contributed by atoms with Gasteiger partial charge < -0.3 is 9.52 Å². The summed E-state index contributed by atoms with van der Waals surface area (Å²) in [7, 11) is 0. The summed E-state index contributed by atoms with van der Waals surface area (Å²) in [5.41, 5.74) is 0.919. The highest BCUT2D eigenvalue weighted by molar-refractivity contribution is 6.04. The van der Waals surface area contributed by atoms with Gasteiger partial charge in [-0.1, -0.05) is 24.3 Å². The number of para-hydroxylation sites is 1. The van der Waals surface area contributed by atoms with Gasteiger partial charge >= 0.3 is 6.18 Å². The second-order valence-electron chi connectivity index (χ2n) is 4.30. The topological polar surface area (TPSA) is 33.4 Å². The minimum atomic E-state index is -4.67. The number of aliphatic hydroxyl groups is 1. The normalized spacial score (nSPS) is 14.1. The Morgan fingerprint density at radius 1 is 0.947 bits per heavy atom. The van der Waals surface area contributed by atoms with E-state index < -0.39 is 12.3 Å². The lowest BCUT2D eigenvalue weighted by Crippen LogP contribution is -2.19. The Balaban J connectivity index is 2.22. The van der Waals surface area contributed by atoms with Crippen LogP contribution in [0.2, 0.25) is 0 Å². The van der Waals surface area contributed by atoms with Crippen molar-refractivity contribution in [2.45, 2.75) is 12.3 Å². The van der Waals surface area contributed by atoms with Crippen LogP contribution in [0, 0.1) is 0 Å². The average molecular weight is 266 g/mol. The highest BCUT2D eigenvalue weighted by atomic mass is 19.4. The van der Waals surface area contributed by atoms with Gasteiger partial charge in [0.1, 0.15) is 11.2 Å². The molecule has 0 saturated heterocycles. The molecular formula is C14H9F3O2. The van der Waals surface area contributed by atoms with Gasteiger partial charge in [-0.05, 0) is 23.8 Å². The number of benzene rings is 2. The maximum Gasteiger partial charge on any atom is 0.418 e. The van der Waals surface area contributed by atoms with Crippen molar-refractivity contribution < 1.29 is 22.7 Å². The van der Waals surface area contributed by atoms with E-state index in [9.17, 15) is 18.3 Å². The van der Waals surface area contributed by atoms with E-state index in [2.05, 4.69) is 0 Å². The summed E-state index contributed by atoms with van der Waals surface area (Å²) in [6.07, 6.45) is -7.15. The molecule has 5 heteroatoms. The van der Waals surface area contributed by atoms with Crippen LogP contribution in [0.1, 0.15) is 11.7 Å². The molecular weight excluding hydrogens is 257 g/mol. The Kier molecular flexibility index (Phi) is 2.53. The Morgan fingerprint density at radius 2 is 1.63 bits per heavy atom. The van der Waals surface area contributed by atoms with E-state index in [1.807, 2.05) is 0 Å². The van der Waals surface area contributed by atoms with Gasteiger partial charge in [0, 0.05) is 10.8 Å². The maximum absolute atomic E-state index is 12.5. The molecule has 19 heavy (non-hydrogen) atoms. The van der Waals surface area contributed by atoms with Gasteiger partial charge in [-0.15, -0.1) is 0 Å². The van der Waals surface area contributed by atoms with Crippen LogP contribution in [0.25, 0.3) is 21.9 Å². The molecule has 2 aromatic carbocycles. The number of aliphatic hydroxyl groups excluding tert-OH is 1. The monoisotopic (exact) mass is 266 g/mol. The summed E-state index contributed by atoms with van der Waals surface area (Å²) in [5.74, 6) is 0. The molecule has 3 rings (SSSR count). The van der Waals surface area contributed by atoms with E-state index in [0.29, 0.717) is 16.6 Å². The minimum absolute atomic E-state index is 0.188. The van der Waals surface area contributed by atoms with Crippen molar-refractivity contribution in [3.63, 3.8) is 0 Å². The molecule has 0 radical (unpaired) electrons. The molecule has 2 nitrogen and oxygen atoms in total. The van der Waals surface area contributed by atoms with Gasteiger partial charge in [0.25, 0.3) is 0 Å². The van der Waals surface area contributed by atoms with Crippen molar-refractivity contribution in [1.82, 2.24) is 0 Å². The van der Waals surface area contributed by atoms with Crippen molar-refractivity contribution in [3.05, 3.63) is 48.0 Å². The Labute approximate surface area is 106 Å². The van der Waals surface area contributed by atoms with E-state index in [1.54, 1.807) is 24.3 Å². The van der Waals surface area contributed by atoms with E-state index >= 15 is 0 Å². The Morgan fingerprint density at radius 3 is 2.37 bits per heavy atom. The smallest absolute Gasteiger partial charge is 0.418 e. The van der Waals surface area contributed by atoms with Gasteiger partial charge in [-0.25, -0.2) is 0 Å². The average Bonchev–Trinajstić information content (AvgIpc) is 2.74. The summed E-state index contributed by atoms with van der Waals surface area (Å²) in [6.45, 7) is 0. The van der Waals surface area contributed by atoms with E-state index in [-0.39, 0.29) is 5.56 Å². The van der Waals surface area contributed by atoms with Gasteiger partial charge in [0.2, 0.25) is 0 Å². The number of rotatable bonds is 1. The summed E-state index contributed by atoms with van der Waals surface area (Å²) in [6, 6.07) is 11.1. The third-order valence-electron chi connectivity index (χ3n) is 3.03. The fourth-order valence-corrected chi connectivity index (χ4v) is 2.10. The Hall–Kier alpha value is -2.01. The lowest BCUT2D eigenvalue weighted by atomic mass is 10.1. The van der Waals surface area contributed by atoms with Crippen molar-refractivity contribution in [1.29, 1.82) is 0 Å². The van der Waals surface area contributed by atoms with Crippen molar-refractivity contribution >= 4 is 21.9 Å². The first-order valence-electron chi connectivity index (χ1n) is 5.63. The standard InChI is InChI=1S/C14H9F3O2/c15-14(16,17)13(18)8-5-6-12-10(7-8)9-3-1-2-4-11(9)19-12/h1-7,13,18H. The molecule has 0 aliphatic heterocycles. The molecule has 1 heterocycles. The van der Waals surface area contributed by atoms with E-state index in [0.717, 1.165) is 5.39 Å². The molecule has 0 amide bonds. The van der Waals surface area contributed by atoms with Crippen LogP contribution >= 0.6 is 0 Å². The van der Waals surface area contributed by atoms with Crippen LogP contribution < -0.4 is 0 Å². The second kappa shape index (κ2) is 3.99. The quantitative estimate of drug-likeness (QED) is 0.716. The lowest BCUT2D eigenvalue weighted by molar-refractivity contribution is -0.206. The third kappa shape index (κ3) is 1.96. The van der Waals surface area contributed by atoms with Gasteiger partial charge in [-0.3, -0.25) is 0 Å². The fourth-order valence-electron chi connectivity index (χ4n) is 2.10. The maximum atomic E-state index is 12.5. The zero-order valence-electron chi connectivity index (χ0n) is 9.61. The molecule has 0 aliphatic carbocycles. The molecule has 0 spiro atoms. The highest BCUT2D eigenvalue weighted by Gasteiger charge is 2.39. The number of halogens is 3. The zero-order chi connectivity index (χ0) is 13.6. The number of furan rings is 1. The first-order valence-corrected chi connectivity index (χ1v) is 5.63. The van der Waals surface area contributed by atoms with Crippen LogP contribution in [0.4, 0.5) is 13.2 Å². The summed E-state index contributed by atoms with van der Waals surface area (Å²) in [5, 5.41) is 10.6. The SMILES string of the molecule is OC(c1ccc2oc3ccccc3c2c1)C(F)(F)F. The van der Waals surface area contributed by atoms with Gasteiger partial charge in [-0.2, -0.15) is 13.2 Å². The lowest BCUT2D eigenvalue weighted by Gasteiger charge is -2.14. The summed E-state index contributed by atoms with van der Waals surface area (Å²) < 4.78 is 43.0. The minimum Gasteiger partial charge on any atom is -0.456 e. The molecule has 98 valence electrons. The number of fused-ring (bicyclic) bond motifs is 3. The largest absolute Gasteiger partial charge is 0.456 e. The molecule has 0 bridgehead atoms. The molecule has 1 atom stereocenters. The predicted molar refractivity (Wildman–Crippen MR) is 64.7 cm³/mol. The molecule has 0 aliphatic rings. The second-order valence-corrected chi connectivity index (χ2v) is 4.30. The third-order valence-corrected chi connectivity index (χ3v) is 3.03. The summed E-state index contributed by atoms with van der Waals surface area (Å²) in [4.78, 5) is 0. The van der Waals surface area contributed by atoms with E-state index in [4.69, 9.17) is 4.42 Å². The molecule has 3 aromatic rings. The number of hydrogen-bond donors (Lipinski definition) is 1. The molecule has 0 fully saturated rings. The van der Waals surface area contributed by atoms with E-state index in [1.165, 1.54) is 18.2 Å². The Bertz CT molecular complexity index is 743. The van der Waals surface area contributed by atoms with Crippen molar-refractivity contribution in [2.24, 2.45) is 0 Å². The first kappa shape index (κ1) is 12.0. The van der Waals surface area contributed by atoms with Crippen LogP contribution in [0.15, 0.2) is 46.9 Å². The van der Waals surface area contributed by atoms with Crippen LogP contribution in [-0.2, 0) is 0 Å². The molecule has 1 unspecified atom stereocenters. The van der Waals surface area contributed by atoms with Crippen molar-refractivity contribution in [2.75, 3.05) is 0 Å². The molecule has 0 saturated carbocycles. The first-order chi connectivity index (χ1) is 8.97. The fraction of sp³-hybridized carbons (Fsp3) is 0.143. The summed E-state index contributed by atoms with van der Waals surface area (Å²) >= 11 is 0.